The van der Waals surface area contributed by atoms with Crippen LogP contribution in [0.5, 0.6) is 0 Å². The first-order valence-electron chi connectivity index (χ1n) is 4.30. The molecule has 0 aromatic rings. The molecule has 2 fully saturated rings. The quantitative estimate of drug-likeness (QED) is 0.598. The Bertz CT molecular complexity index is 101. The second-order valence-electron chi connectivity index (χ2n) is 3.06. The van der Waals surface area contributed by atoms with Gasteiger partial charge in [0.1, 0.15) is 0 Å². The standard InChI is InChI=1S/C8H14O3/c1-2-8(10-4-1)11-7-3-5-9-6-7/h7-8H,1-6H2/t7-,8?/m0/s1. The van der Waals surface area contributed by atoms with Crippen molar-refractivity contribution in [2.75, 3.05) is 19.8 Å². The molecule has 11 heavy (non-hydrogen) atoms. The lowest BCUT2D eigenvalue weighted by Gasteiger charge is -2.15. The van der Waals surface area contributed by atoms with E-state index in [9.17, 15) is 0 Å². The van der Waals surface area contributed by atoms with E-state index in [1.54, 1.807) is 0 Å². The molecule has 64 valence electrons. The van der Waals surface area contributed by atoms with Crippen LogP contribution in [0.15, 0.2) is 0 Å². The summed E-state index contributed by atoms with van der Waals surface area (Å²) in [6.45, 7) is 2.45. The number of rotatable bonds is 2. The molecule has 1 unspecified atom stereocenters. The van der Waals surface area contributed by atoms with E-state index in [2.05, 4.69) is 0 Å². The highest BCUT2D eigenvalue weighted by Crippen LogP contribution is 2.18. The minimum atomic E-state index is 0.0571. The van der Waals surface area contributed by atoms with Crippen LogP contribution in [0.2, 0.25) is 0 Å². The summed E-state index contributed by atoms with van der Waals surface area (Å²) in [5.41, 5.74) is 0. The van der Waals surface area contributed by atoms with Crippen LogP contribution in [-0.4, -0.2) is 32.2 Å². The van der Waals surface area contributed by atoms with Crippen molar-refractivity contribution in [2.24, 2.45) is 0 Å². The summed E-state index contributed by atoms with van der Waals surface area (Å²) in [6, 6.07) is 0. The summed E-state index contributed by atoms with van der Waals surface area (Å²) < 4.78 is 16.1. The Balaban J connectivity index is 1.71. The first-order valence-corrected chi connectivity index (χ1v) is 4.30. The molecule has 0 aromatic heterocycles. The molecule has 0 saturated carbocycles. The van der Waals surface area contributed by atoms with E-state index in [4.69, 9.17) is 14.2 Å². The van der Waals surface area contributed by atoms with Gasteiger partial charge in [0.05, 0.1) is 12.7 Å². The van der Waals surface area contributed by atoms with Crippen molar-refractivity contribution >= 4 is 0 Å². The van der Waals surface area contributed by atoms with Gasteiger partial charge in [0.15, 0.2) is 6.29 Å². The fourth-order valence-electron chi connectivity index (χ4n) is 1.49. The molecule has 2 saturated heterocycles. The molecule has 0 spiro atoms. The molecule has 3 nitrogen and oxygen atoms in total. The predicted molar refractivity (Wildman–Crippen MR) is 39.3 cm³/mol. The maximum Gasteiger partial charge on any atom is 0.158 e. The van der Waals surface area contributed by atoms with Gasteiger partial charge < -0.3 is 14.2 Å². The van der Waals surface area contributed by atoms with E-state index in [1.165, 1.54) is 0 Å². The smallest absolute Gasteiger partial charge is 0.158 e. The molecule has 3 heteroatoms. The molecule has 0 radical (unpaired) electrons. The van der Waals surface area contributed by atoms with Crippen LogP contribution < -0.4 is 0 Å². The molecule has 0 aliphatic carbocycles. The van der Waals surface area contributed by atoms with Crippen molar-refractivity contribution < 1.29 is 14.2 Å². The van der Waals surface area contributed by atoms with Gasteiger partial charge in [-0.15, -0.1) is 0 Å². The maximum absolute atomic E-state index is 5.62. The first-order chi connectivity index (χ1) is 5.45. The number of hydrogen-bond acceptors (Lipinski definition) is 3. The van der Waals surface area contributed by atoms with E-state index in [0.717, 1.165) is 39.1 Å². The molecule has 0 bridgehead atoms. The van der Waals surface area contributed by atoms with Gasteiger partial charge in [0.25, 0.3) is 0 Å². The van der Waals surface area contributed by atoms with Crippen molar-refractivity contribution in [3.8, 4) is 0 Å². The zero-order valence-electron chi connectivity index (χ0n) is 6.62. The average molecular weight is 158 g/mol. The lowest BCUT2D eigenvalue weighted by atomic mass is 10.3. The molecule has 0 aromatic carbocycles. The Kier molecular flexibility index (Phi) is 2.41. The highest BCUT2D eigenvalue weighted by Gasteiger charge is 2.23. The molecule has 0 amide bonds. The van der Waals surface area contributed by atoms with Crippen LogP contribution in [0, 0.1) is 0 Å². The fraction of sp³-hybridized carbons (Fsp3) is 1.00. The second kappa shape index (κ2) is 3.52. The van der Waals surface area contributed by atoms with Crippen LogP contribution in [0.3, 0.4) is 0 Å². The van der Waals surface area contributed by atoms with Crippen molar-refractivity contribution in [1.29, 1.82) is 0 Å². The van der Waals surface area contributed by atoms with Gasteiger partial charge in [-0.2, -0.15) is 0 Å². The van der Waals surface area contributed by atoms with Crippen LogP contribution >= 0.6 is 0 Å². The largest absolute Gasteiger partial charge is 0.379 e. The van der Waals surface area contributed by atoms with E-state index in [1.807, 2.05) is 0 Å². The van der Waals surface area contributed by atoms with E-state index >= 15 is 0 Å². The predicted octanol–water partition coefficient (Wildman–Crippen LogP) is 0.928. The Morgan fingerprint density at radius 1 is 1.18 bits per heavy atom. The van der Waals surface area contributed by atoms with Crippen LogP contribution in [0.4, 0.5) is 0 Å². The Morgan fingerprint density at radius 2 is 2.18 bits per heavy atom. The van der Waals surface area contributed by atoms with Crippen molar-refractivity contribution in [2.45, 2.75) is 31.7 Å². The summed E-state index contributed by atoms with van der Waals surface area (Å²) >= 11 is 0. The topological polar surface area (TPSA) is 27.7 Å². The van der Waals surface area contributed by atoms with Gasteiger partial charge in [-0.05, 0) is 12.8 Å². The Labute approximate surface area is 66.6 Å². The van der Waals surface area contributed by atoms with Crippen LogP contribution in [0.1, 0.15) is 19.3 Å². The Morgan fingerprint density at radius 3 is 2.82 bits per heavy atom. The highest BCUT2D eigenvalue weighted by molar-refractivity contribution is 4.65. The maximum atomic E-state index is 5.62. The summed E-state index contributed by atoms with van der Waals surface area (Å²) in [4.78, 5) is 0. The van der Waals surface area contributed by atoms with Gasteiger partial charge in [-0.3, -0.25) is 0 Å². The number of hydrogen-bond donors (Lipinski definition) is 0. The van der Waals surface area contributed by atoms with Gasteiger partial charge in [-0.1, -0.05) is 0 Å². The Hall–Kier alpha value is -0.120. The van der Waals surface area contributed by atoms with Gasteiger partial charge in [0, 0.05) is 19.6 Å². The third kappa shape index (κ3) is 1.92. The summed E-state index contributed by atoms with van der Waals surface area (Å²) in [6.07, 6.45) is 3.56. The highest BCUT2D eigenvalue weighted by atomic mass is 16.7. The minimum Gasteiger partial charge on any atom is -0.379 e. The first kappa shape index (κ1) is 7.53. The van der Waals surface area contributed by atoms with Crippen LogP contribution in [0.25, 0.3) is 0 Å². The zero-order valence-corrected chi connectivity index (χ0v) is 6.62. The second-order valence-corrected chi connectivity index (χ2v) is 3.06. The summed E-state index contributed by atoms with van der Waals surface area (Å²) in [7, 11) is 0. The van der Waals surface area contributed by atoms with E-state index in [0.29, 0.717) is 0 Å². The van der Waals surface area contributed by atoms with Gasteiger partial charge in [0.2, 0.25) is 0 Å². The molecule has 2 aliphatic heterocycles. The fourth-order valence-corrected chi connectivity index (χ4v) is 1.49. The summed E-state index contributed by atoms with van der Waals surface area (Å²) in [5.74, 6) is 0. The summed E-state index contributed by atoms with van der Waals surface area (Å²) in [5, 5.41) is 0. The third-order valence-electron chi connectivity index (χ3n) is 2.12. The molecule has 2 rings (SSSR count). The van der Waals surface area contributed by atoms with Gasteiger partial charge in [-0.25, -0.2) is 0 Å². The van der Waals surface area contributed by atoms with Crippen molar-refractivity contribution in [3.05, 3.63) is 0 Å². The number of ether oxygens (including phenoxy) is 3. The van der Waals surface area contributed by atoms with Crippen molar-refractivity contribution in [1.82, 2.24) is 0 Å². The van der Waals surface area contributed by atoms with Crippen LogP contribution in [-0.2, 0) is 14.2 Å². The molecule has 2 heterocycles. The van der Waals surface area contributed by atoms with Gasteiger partial charge >= 0.3 is 0 Å². The SMILES string of the molecule is C1COC(O[C@H]2CCOC2)C1. The zero-order chi connectivity index (χ0) is 7.52. The monoisotopic (exact) mass is 158 g/mol. The lowest BCUT2D eigenvalue weighted by molar-refractivity contribution is -0.143. The lowest BCUT2D eigenvalue weighted by Crippen LogP contribution is -2.21. The molecule has 2 atom stereocenters. The van der Waals surface area contributed by atoms with Crippen molar-refractivity contribution in [3.63, 3.8) is 0 Å². The van der Waals surface area contributed by atoms with E-state index in [-0.39, 0.29) is 12.4 Å². The third-order valence-corrected chi connectivity index (χ3v) is 2.12. The molecule has 0 N–H and O–H groups in total. The average Bonchev–Trinajstić information content (AvgIpc) is 2.60. The van der Waals surface area contributed by atoms with E-state index < -0.39 is 0 Å². The molecule has 2 aliphatic rings. The normalized spacial score (nSPS) is 38.2. The minimum absolute atomic E-state index is 0.0571. The molecular weight excluding hydrogens is 144 g/mol. The molecular formula is C8H14O3.